The number of nitrogens with zero attached hydrogens (tertiary/aromatic N) is 1. The highest BCUT2D eigenvalue weighted by molar-refractivity contribution is 5.14. The molecule has 0 aromatic carbocycles. The topological polar surface area (TPSA) is 71.7 Å². The molecule has 7 atom stereocenters. The summed E-state index contributed by atoms with van der Waals surface area (Å²) < 4.78 is 19.4. The maximum atomic E-state index is 10.8. The molecule has 26 heavy (non-hydrogen) atoms. The van der Waals surface area contributed by atoms with Crippen LogP contribution >= 0.6 is 0 Å². The van der Waals surface area contributed by atoms with Crippen LogP contribution in [0.25, 0.3) is 0 Å². The van der Waals surface area contributed by atoms with Crippen molar-refractivity contribution in [2.24, 2.45) is 11.8 Å². The quantitative estimate of drug-likeness (QED) is 0.763. The molecule has 5 heteroatoms. The highest BCUT2D eigenvalue weighted by Gasteiger charge is 2.58. The molecule has 0 radical (unpaired) electrons. The smallest absolute Gasteiger partial charge is 0.169 e. The van der Waals surface area contributed by atoms with Gasteiger partial charge in [-0.1, -0.05) is 25.5 Å². The molecule has 4 aliphatic rings. The summed E-state index contributed by atoms with van der Waals surface area (Å²) in [5, 5.41) is 19.9. The van der Waals surface area contributed by atoms with Crippen LogP contribution in [0.4, 0.5) is 0 Å². The van der Waals surface area contributed by atoms with Gasteiger partial charge in [-0.05, 0) is 38.5 Å². The predicted octanol–water partition coefficient (Wildman–Crippen LogP) is 3.47. The second-order valence-corrected chi connectivity index (χ2v) is 8.91. The molecule has 3 unspecified atom stereocenters. The molecule has 0 aromatic rings. The van der Waals surface area contributed by atoms with E-state index in [0.29, 0.717) is 12.8 Å². The minimum absolute atomic E-state index is 0.0213. The van der Waals surface area contributed by atoms with Gasteiger partial charge in [-0.25, -0.2) is 0 Å². The van der Waals surface area contributed by atoms with Gasteiger partial charge in [-0.15, -0.1) is 0 Å². The van der Waals surface area contributed by atoms with E-state index in [4.69, 9.17) is 19.5 Å². The SMILES string of the molecule is C[C@@H]1CC2(C[C@H]3OC4(CCCCC4)O[C@@H]13)OC(C[C@@H](C)C#N)C=CC2O. The summed E-state index contributed by atoms with van der Waals surface area (Å²) in [5.41, 5.74) is -0.626. The van der Waals surface area contributed by atoms with E-state index in [9.17, 15) is 5.11 Å². The van der Waals surface area contributed by atoms with Gasteiger partial charge in [0.15, 0.2) is 5.79 Å². The first-order chi connectivity index (χ1) is 12.5. The minimum atomic E-state index is -0.633. The summed E-state index contributed by atoms with van der Waals surface area (Å²) in [6, 6.07) is 2.28. The maximum Gasteiger partial charge on any atom is 0.169 e. The van der Waals surface area contributed by atoms with E-state index in [2.05, 4.69) is 13.0 Å². The number of hydrogen-bond donors (Lipinski definition) is 1. The van der Waals surface area contributed by atoms with Crippen molar-refractivity contribution in [2.45, 2.75) is 101 Å². The lowest BCUT2D eigenvalue weighted by molar-refractivity contribution is -0.200. The van der Waals surface area contributed by atoms with Crippen molar-refractivity contribution < 1.29 is 19.3 Å². The van der Waals surface area contributed by atoms with Gasteiger partial charge < -0.3 is 19.3 Å². The van der Waals surface area contributed by atoms with Crippen LogP contribution < -0.4 is 0 Å². The molecule has 4 rings (SSSR count). The summed E-state index contributed by atoms with van der Waals surface area (Å²) in [5.74, 6) is -0.204. The summed E-state index contributed by atoms with van der Waals surface area (Å²) in [4.78, 5) is 0. The fourth-order valence-electron chi connectivity index (χ4n) is 5.43. The first-order valence-corrected chi connectivity index (χ1v) is 10.2. The van der Waals surface area contributed by atoms with Crippen molar-refractivity contribution in [2.75, 3.05) is 0 Å². The Morgan fingerprint density at radius 2 is 1.92 bits per heavy atom. The standard InChI is InChI=1S/C21H31NO4/c1-14(13-22)10-16-6-7-18(23)20(24-16)11-15(2)19-17(12-20)25-21(26-19)8-4-3-5-9-21/h6-7,14-19,23H,3-5,8-12H2,1-2H3/t14-,15-,16?,17-,18?,19+,20?/m1/s1. The van der Waals surface area contributed by atoms with E-state index in [1.165, 1.54) is 6.42 Å². The Morgan fingerprint density at radius 1 is 1.15 bits per heavy atom. The highest BCUT2D eigenvalue weighted by atomic mass is 16.8. The van der Waals surface area contributed by atoms with Gasteiger partial charge in [-0.3, -0.25) is 0 Å². The molecule has 2 spiro atoms. The second-order valence-electron chi connectivity index (χ2n) is 8.91. The number of aliphatic hydroxyl groups excluding tert-OH is 1. The van der Waals surface area contributed by atoms with E-state index in [-0.39, 0.29) is 30.1 Å². The average Bonchev–Trinajstić information content (AvgIpc) is 2.96. The molecule has 144 valence electrons. The predicted molar refractivity (Wildman–Crippen MR) is 96.1 cm³/mol. The lowest BCUT2D eigenvalue weighted by Gasteiger charge is -2.49. The van der Waals surface area contributed by atoms with Crippen LogP contribution in [0.1, 0.15) is 65.2 Å². The maximum absolute atomic E-state index is 10.8. The van der Waals surface area contributed by atoms with Crippen LogP contribution in [0.2, 0.25) is 0 Å². The van der Waals surface area contributed by atoms with Gasteiger partial charge in [0.25, 0.3) is 0 Å². The fourth-order valence-corrected chi connectivity index (χ4v) is 5.43. The Hall–Kier alpha value is -0.930. The van der Waals surface area contributed by atoms with Gasteiger partial charge in [-0.2, -0.15) is 5.26 Å². The fraction of sp³-hybridized carbons (Fsp3) is 0.857. The number of nitriles is 1. The molecule has 3 fully saturated rings. The monoisotopic (exact) mass is 361 g/mol. The first-order valence-electron chi connectivity index (χ1n) is 10.2. The van der Waals surface area contributed by atoms with Crippen molar-refractivity contribution in [3.8, 4) is 6.07 Å². The van der Waals surface area contributed by atoms with E-state index < -0.39 is 17.5 Å². The van der Waals surface area contributed by atoms with Gasteiger partial charge in [0.1, 0.15) is 11.7 Å². The third-order valence-electron chi connectivity index (χ3n) is 6.71. The Morgan fingerprint density at radius 3 is 2.65 bits per heavy atom. The zero-order chi connectivity index (χ0) is 18.4. The number of ether oxygens (including phenoxy) is 3. The molecule has 2 aliphatic heterocycles. The summed E-state index contributed by atoms with van der Waals surface area (Å²) in [6.07, 6.45) is 10.7. The molecule has 2 aliphatic carbocycles. The Kier molecular flexibility index (Phi) is 4.90. The van der Waals surface area contributed by atoms with Crippen molar-refractivity contribution >= 4 is 0 Å². The van der Waals surface area contributed by atoms with Crippen LogP contribution in [0, 0.1) is 23.2 Å². The average molecular weight is 361 g/mol. The van der Waals surface area contributed by atoms with Crippen LogP contribution in [-0.2, 0) is 14.2 Å². The third kappa shape index (κ3) is 3.22. The molecular weight excluding hydrogens is 330 g/mol. The number of hydrogen-bond acceptors (Lipinski definition) is 5. The van der Waals surface area contributed by atoms with Crippen molar-refractivity contribution in [1.82, 2.24) is 0 Å². The highest BCUT2D eigenvalue weighted by Crippen LogP contribution is 2.51. The summed E-state index contributed by atoms with van der Waals surface area (Å²) in [6.45, 7) is 4.10. The Bertz CT molecular complexity index is 593. The lowest BCUT2D eigenvalue weighted by Crippen LogP contribution is -2.57. The van der Waals surface area contributed by atoms with Gasteiger partial charge in [0.2, 0.25) is 0 Å². The first kappa shape index (κ1) is 18.4. The third-order valence-corrected chi connectivity index (χ3v) is 6.71. The molecule has 1 N–H and O–H groups in total. The normalized spacial score (nSPS) is 45.4. The summed E-state index contributed by atoms with van der Waals surface area (Å²) in [7, 11) is 0. The molecule has 2 heterocycles. The van der Waals surface area contributed by atoms with E-state index in [0.717, 1.165) is 32.1 Å². The van der Waals surface area contributed by atoms with E-state index >= 15 is 0 Å². The minimum Gasteiger partial charge on any atom is -0.386 e. The van der Waals surface area contributed by atoms with Gasteiger partial charge >= 0.3 is 0 Å². The van der Waals surface area contributed by atoms with E-state index in [1.54, 1.807) is 0 Å². The number of rotatable bonds is 2. The molecule has 0 aromatic heterocycles. The zero-order valence-electron chi connectivity index (χ0n) is 15.9. The zero-order valence-corrected chi connectivity index (χ0v) is 15.9. The van der Waals surface area contributed by atoms with Gasteiger partial charge in [0.05, 0.1) is 24.4 Å². The van der Waals surface area contributed by atoms with Crippen LogP contribution in [0.5, 0.6) is 0 Å². The summed E-state index contributed by atoms with van der Waals surface area (Å²) >= 11 is 0. The van der Waals surface area contributed by atoms with Crippen LogP contribution in [0.15, 0.2) is 12.2 Å². The number of fused-ring (bicyclic) bond motifs is 1. The molecular formula is C21H31NO4. The van der Waals surface area contributed by atoms with Crippen LogP contribution in [0.3, 0.4) is 0 Å². The molecule has 5 nitrogen and oxygen atoms in total. The molecule has 0 amide bonds. The van der Waals surface area contributed by atoms with Crippen molar-refractivity contribution in [1.29, 1.82) is 5.26 Å². The van der Waals surface area contributed by atoms with Gasteiger partial charge in [0, 0.05) is 25.2 Å². The van der Waals surface area contributed by atoms with Crippen molar-refractivity contribution in [3.05, 3.63) is 12.2 Å². The Balaban J connectivity index is 1.51. The second kappa shape index (κ2) is 6.91. The van der Waals surface area contributed by atoms with E-state index in [1.807, 2.05) is 19.1 Å². The van der Waals surface area contributed by atoms with Crippen molar-refractivity contribution in [3.63, 3.8) is 0 Å². The lowest BCUT2D eigenvalue weighted by atomic mass is 9.71. The Labute approximate surface area is 156 Å². The van der Waals surface area contributed by atoms with Crippen LogP contribution in [-0.4, -0.2) is 40.9 Å². The molecule has 1 saturated heterocycles. The molecule has 0 bridgehead atoms. The number of aliphatic hydroxyl groups is 1. The molecule has 2 saturated carbocycles. The largest absolute Gasteiger partial charge is 0.386 e.